The molecule has 0 heterocycles. The summed E-state index contributed by atoms with van der Waals surface area (Å²) in [5.41, 5.74) is 3.62. The third-order valence-electron chi connectivity index (χ3n) is 3.30. The molecule has 0 fully saturated rings. The van der Waals surface area contributed by atoms with Crippen molar-refractivity contribution in [3.8, 4) is 11.5 Å². The summed E-state index contributed by atoms with van der Waals surface area (Å²) in [5, 5.41) is 3.34. The first-order chi connectivity index (χ1) is 10.2. The molecule has 112 valence electrons. The van der Waals surface area contributed by atoms with Crippen LogP contribution in [0.5, 0.6) is 11.5 Å². The second-order valence-electron chi connectivity index (χ2n) is 5.18. The predicted octanol–water partition coefficient (Wildman–Crippen LogP) is 3.83. The van der Waals surface area contributed by atoms with Gasteiger partial charge in [-0.05, 0) is 43.2 Å². The summed E-state index contributed by atoms with van der Waals surface area (Å²) >= 11 is 0. The first-order valence-electron chi connectivity index (χ1n) is 7.23. The highest BCUT2D eigenvalue weighted by atomic mass is 16.5. The zero-order chi connectivity index (χ0) is 15.1. The van der Waals surface area contributed by atoms with E-state index in [1.165, 1.54) is 11.1 Å². The minimum atomic E-state index is 0.730. The van der Waals surface area contributed by atoms with E-state index in [1.54, 1.807) is 7.11 Å². The van der Waals surface area contributed by atoms with Crippen molar-refractivity contribution in [3.63, 3.8) is 0 Å². The molecule has 21 heavy (non-hydrogen) atoms. The molecule has 0 spiro atoms. The molecule has 2 rings (SSSR count). The van der Waals surface area contributed by atoms with Gasteiger partial charge >= 0.3 is 0 Å². The second kappa shape index (κ2) is 7.81. The Morgan fingerprint density at radius 3 is 2.43 bits per heavy atom. The first kappa shape index (κ1) is 15.5. The molecule has 3 nitrogen and oxygen atoms in total. The zero-order valence-electron chi connectivity index (χ0n) is 13.0. The summed E-state index contributed by atoms with van der Waals surface area (Å²) in [5.74, 6) is 1.77. The molecule has 0 aliphatic heterocycles. The fourth-order valence-corrected chi connectivity index (χ4v) is 2.08. The third kappa shape index (κ3) is 4.88. The van der Waals surface area contributed by atoms with E-state index >= 15 is 0 Å². The maximum absolute atomic E-state index is 5.92. The van der Waals surface area contributed by atoms with E-state index in [4.69, 9.17) is 9.47 Å². The Hall–Kier alpha value is -1.84. The monoisotopic (exact) mass is 285 g/mol. The van der Waals surface area contributed by atoms with E-state index < -0.39 is 0 Å². The highest BCUT2D eigenvalue weighted by molar-refractivity contribution is 5.40. The average molecular weight is 285 g/mol. The number of hydrogen-bond acceptors (Lipinski definition) is 3. The molecule has 0 saturated carbocycles. The lowest BCUT2D eigenvalue weighted by Gasteiger charge is -2.11. The second-order valence-corrected chi connectivity index (χ2v) is 5.18. The SMILES string of the molecule is COCCNCc1ccc(Oc2ccc(C)cc2)c(C)c1. The number of aryl methyl sites for hydroxylation is 2. The van der Waals surface area contributed by atoms with Gasteiger partial charge in [-0.3, -0.25) is 0 Å². The van der Waals surface area contributed by atoms with Crippen molar-refractivity contribution in [3.05, 3.63) is 59.2 Å². The van der Waals surface area contributed by atoms with Gasteiger partial charge in [0.05, 0.1) is 6.61 Å². The Morgan fingerprint density at radius 1 is 1.00 bits per heavy atom. The van der Waals surface area contributed by atoms with Gasteiger partial charge in [0.25, 0.3) is 0 Å². The van der Waals surface area contributed by atoms with E-state index in [2.05, 4.69) is 43.4 Å². The highest BCUT2D eigenvalue weighted by Gasteiger charge is 2.03. The maximum Gasteiger partial charge on any atom is 0.130 e. The van der Waals surface area contributed by atoms with Gasteiger partial charge < -0.3 is 14.8 Å². The summed E-state index contributed by atoms with van der Waals surface area (Å²) in [4.78, 5) is 0. The molecule has 3 heteroatoms. The summed E-state index contributed by atoms with van der Waals surface area (Å²) in [7, 11) is 1.71. The Kier molecular flexibility index (Phi) is 5.78. The van der Waals surface area contributed by atoms with Crippen molar-refractivity contribution in [2.45, 2.75) is 20.4 Å². The van der Waals surface area contributed by atoms with E-state index in [0.29, 0.717) is 0 Å². The average Bonchev–Trinajstić information content (AvgIpc) is 2.48. The van der Waals surface area contributed by atoms with Gasteiger partial charge in [0.15, 0.2) is 0 Å². The van der Waals surface area contributed by atoms with Crippen LogP contribution < -0.4 is 10.1 Å². The van der Waals surface area contributed by atoms with Crippen LogP contribution >= 0.6 is 0 Å². The van der Waals surface area contributed by atoms with Crippen molar-refractivity contribution in [2.24, 2.45) is 0 Å². The topological polar surface area (TPSA) is 30.5 Å². The largest absolute Gasteiger partial charge is 0.457 e. The number of ether oxygens (including phenoxy) is 2. The number of methoxy groups -OCH3 is 1. The van der Waals surface area contributed by atoms with E-state index in [0.717, 1.165) is 36.8 Å². The van der Waals surface area contributed by atoms with Crippen molar-refractivity contribution in [1.82, 2.24) is 5.32 Å². The van der Waals surface area contributed by atoms with Crippen LogP contribution in [0, 0.1) is 13.8 Å². The minimum absolute atomic E-state index is 0.730. The van der Waals surface area contributed by atoms with Crippen LogP contribution in [0.25, 0.3) is 0 Å². The number of hydrogen-bond donors (Lipinski definition) is 1. The van der Waals surface area contributed by atoms with E-state index in [1.807, 2.05) is 18.2 Å². The Labute approximate surface area is 126 Å². The smallest absolute Gasteiger partial charge is 0.130 e. The molecule has 2 aromatic carbocycles. The molecule has 0 aliphatic rings. The predicted molar refractivity (Wildman–Crippen MR) is 86.0 cm³/mol. The van der Waals surface area contributed by atoms with Crippen LogP contribution in [0.4, 0.5) is 0 Å². The van der Waals surface area contributed by atoms with Gasteiger partial charge in [-0.1, -0.05) is 29.8 Å². The molecule has 0 radical (unpaired) electrons. The third-order valence-corrected chi connectivity index (χ3v) is 3.30. The van der Waals surface area contributed by atoms with Crippen molar-refractivity contribution < 1.29 is 9.47 Å². The summed E-state index contributed by atoms with van der Waals surface area (Å²) < 4.78 is 10.9. The van der Waals surface area contributed by atoms with Gasteiger partial charge in [-0.2, -0.15) is 0 Å². The van der Waals surface area contributed by atoms with Gasteiger partial charge in [-0.15, -0.1) is 0 Å². The summed E-state index contributed by atoms with van der Waals surface area (Å²) in [6, 6.07) is 14.4. The van der Waals surface area contributed by atoms with Crippen LogP contribution in [-0.4, -0.2) is 20.3 Å². The maximum atomic E-state index is 5.92. The molecule has 0 amide bonds. The Morgan fingerprint density at radius 2 is 1.76 bits per heavy atom. The molecule has 0 unspecified atom stereocenters. The van der Waals surface area contributed by atoms with Crippen LogP contribution in [0.2, 0.25) is 0 Å². The van der Waals surface area contributed by atoms with Gasteiger partial charge in [0, 0.05) is 20.2 Å². The minimum Gasteiger partial charge on any atom is -0.457 e. The normalized spacial score (nSPS) is 10.6. The van der Waals surface area contributed by atoms with Crippen LogP contribution in [0.15, 0.2) is 42.5 Å². The molecule has 0 atom stereocenters. The first-order valence-corrected chi connectivity index (χ1v) is 7.23. The highest BCUT2D eigenvalue weighted by Crippen LogP contribution is 2.25. The lowest BCUT2D eigenvalue weighted by atomic mass is 10.1. The van der Waals surface area contributed by atoms with Gasteiger partial charge in [0.1, 0.15) is 11.5 Å². The fraction of sp³-hybridized carbons (Fsp3) is 0.333. The number of benzene rings is 2. The molecular formula is C18H23NO2. The van der Waals surface area contributed by atoms with E-state index in [-0.39, 0.29) is 0 Å². The van der Waals surface area contributed by atoms with Crippen LogP contribution in [-0.2, 0) is 11.3 Å². The van der Waals surface area contributed by atoms with Crippen LogP contribution in [0.3, 0.4) is 0 Å². The molecule has 0 aromatic heterocycles. The fourth-order valence-electron chi connectivity index (χ4n) is 2.08. The van der Waals surface area contributed by atoms with E-state index in [9.17, 15) is 0 Å². The standard InChI is InChI=1S/C18H23NO2/c1-14-4-7-17(8-5-14)21-18-9-6-16(12-15(18)2)13-19-10-11-20-3/h4-9,12,19H,10-11,13H2,1-3H3. The quantitative estimate of drug-likeness (QED) is 0.784. The summed E-state index contributed by atoms with van der Waals surface area (Å²) in [6.07, 6.45) is 0. The molecule has 0 bridgehead atoms. The van der Waals surface area contributed by atoms with Crippen molar-refractivity contribution in [1.29, 1.82) is 0 Å². The van der Waals surface area contributed by atoms with Crippen LogP contribution in [0.1, 0.15) is 16.7 Å². The Balaban J connectivity index is 1.97. The lowest BCUT2D eigenvalue weighted by molar-refractivity contribution is 0.199. The Bertz CT molecular complexity index is 564. The number of nitrogens with one attached hydrogen (secondary N) is 1. The molecule has 0 saturated heterocycles. The van der Waals surface area contributed by atoms with Gasteiger partial charge in [0.2, 0.25) is 0 Å². The molecule has 1 N–H and O–H groups in total. The molecule has 2 aromatic rings. The number of rotatable bonds is 7. The van der Waals surface area contributed by atoms with Gasteiger partial charge in [-0.25, -0.2) is 0 Å². The summed E-state index contributed by atoms with van der Waals surface area (Å²) in [6.45, 7) is 6.57. The van der Waals surface area contributed by atoms with Crippen molar-refractivity contribution in [2.75, 3.05) is 20.3 Å². The lowest BCUT2D eigenvalue weighted by Crippen LogP contribution is -2.18. The molecule has 0 aliphatic carbocycles. The zero-order valence-corrected chi connectivity index (χ0v) is 13.0. The van der Waals surface area contributed by atoms with Crippen molar-refractivity contribution >= 4 is 0 Å². The molecular weight excluding hydrogens is 262 g/mol.